The highest BCUT2D eigenvalue weighted by atomic mass is 32.2. The lowest BCUT2D eigenvalue weighted by molar-refractivity contribution is -0.0741. The Bertz CT molecular complexity index is 932. The zero-order chi connectivity index (χ0) is 21.7. The average Bonchev–Trinajstić information content (AvgIpc) is 2.61. The quantitative estimate of drug-likeness (QED) is 0.623. The van der Waals surface area contributed by atoms with Gasteiger partial charge in [-0.15, -0.1) is 4.28 Å². The lowest BCUT2D eigenvalue weighted by atomic mass is 10.1. The maximum atomic E-state index is 12.7. The Morgan fingerprint density at radius 3 is 2.14 bits per heavy atom. The minimum atomic E-state index is -4.23. The molecule has 2 aromatic carbocycles. The van der Waals surface area contributed by atoms with Crippen molar-refractivity contribution in [1.29, 1.82) is 0 Å². The van der Waals surface area contributed by atoms with Crippen molar-refractivity contribution < 1.29 is 27.0 Å². The van der Waals surface area contributed by atoms with Crippen LogP contribution in [0.5, 0.6) is 0 Å². The molecule has 0 saturated heterocycles. The summed E-state index contributed by atoms with van der Waals surface area (Å²) in [6.45, 7) is 7.10. The molecule has 0 fully saturated rings. The number of hydrogen-bond donors (Lipinski definition) is 0. The summed E-state index contributed by atoms with van der Waals surface area (Å²) in [4.78, 5) is 12.6. The number of hydrogen-bond acceptors (Lipinski definition) is 6. The van der Waals surface area contributed by atoms with Gasteiger partial charge < -0.3 is 9.47 Å². The standard InChI is InChI=1S/C21H27NO6S/c1-16-10-12-19(13-11-16)29(24,25)28-22(20(23)27-21(2,3)4)14-17-8-6-7-9-18(17)15-26-5/h6-13H,14-15H2,1-5H3. The van der Waals surface area contributed by atoms with Gasteiger partial charge >= 0.3 is 16.2 Å². The van der Waals surface area contributed by atoms with Gasteiger partial charge in [0, 0.05) is 7.11 Å². The van der Waals surface area contributed by atoms with Crippen LogP contribution >= 0.6 is 0 Å². The summed E-state index contributed by atoms with van der Waals surface area (Å²) in [6.07, 6.45) is -0.902. The van der Waals surface area contributed by atoms with Crippen LogP contribution in [0.3, 0.4) is 0 Å². The number of nitrogens with zero attached hydrogens (tertiary/aromatic N) is 1. The second kappa shape index (κ2) is 9.39. The SMILES string of the molecule is COCc1ccccc1CN(OS(=O)(=O)c1ccc(C)cc1)C(=O)OC(C)(C)C. The zero-order valence-electron chi connectivity index (χ0n) is 17.3. The van der Waals surface area contributed by atoms with Crippen LogP contribution in [0.15, 0.2) is 53.4 Å². The number of aryl methyl sites for hydroxylation is 1. The van der Waals surface area contributed by atoms with Crippen LogP contribution in [0, 0.1) is 6.92 Å². The van der Waals surface area contributed by atoms with Crippen LogP contribution in [0.1, 0.15) is 37.5 Å². The molecule has 0 saturated carbocycles. The molecule has 0 heterocycles. The number of carbonyl (C=O) groups excluding carboxylic acids is 1. The van der Waals surface area contributed by atoms with E-state index < -0.39 is 21.8 Å². The Balaban J connectivity index is 2.35. The molecular weight excluding hydrogens is 394 g/mol. The fourth-order valence-electron chi connectivity index (χ4n) is 2.46. The molecule has 0 aliphatic carbocycles. The summed E-state index contributed by atoms with van der Waals surface area (Å²) < 4.78 is 41.2. The van der Waals surface area contributed by atoms with Gasteiger partial charge in [-0.1, -0.05) is 42.0 Å². The summed E-state index contributed by atoms with van der Waals surface area (Å²) >= 11 is 0. The summed E-state index contributed by atoms with van der Waals surface area (Å²) in [7, 11) is -2.67. The van der Waals surface area contributed by atoms with Gasteiger partial charge in [0.05, 0.1) is 18.0 Å². The third-order valence-corrected chi connectivity index (χ3v) is 5.05. The number of amides is 1. The van der Waals surface area contributed by atoms with Crippen molar-refractivity contribution in [3.8, 4) is 0 Å². The van der Waals surface area contributed by atoms with Gasteiger partial charge in [0.15, 0.2) is 0 Å². The molecule has 2 aromatic rings. The van der Waals surface area contributed by atoms with Gasteiger partial charge in [0.2, 0.25) is 0 Å². The van der Waals surface area contributed by atoms with E-state index in [9.17, 15) is 13.2 Å². The number of methoxy groups -OCH3 is 1. The Kier molecular flexibility index (Phi) is 7.40. The van der Waals surface area contributed by atoms with Crippen LogP contribution in [-0.2, 0) is 37.0 Å². The Hall–Kier alpha value is -2.42. The molecule has 0 aliphatic heterocycles. The molecule has 7 nitrogen and oxygen atoms in total. The first-order chi connectivity index (χ1) is 13.5. The smallest absolute Gasteiger partial charge is 0.435 e. The van der Waals surface area contributed by atoms with E-state index >= 15 is 0 Å². The third kappa shape index (κ3) is 6.85. The summed E-state index contributed by atoms with van der Waals surface area (Å²) in [5, 5.41) is 0.717. The highest BCUT2D eigenvalue weighted by molar-refractivity contribution is 7.86. The first-order valence-corrected chi connectivity index (χ1v) is 10.5. The van der Waals surface area contributed by atoms with Crippen LogP contribution < -0.4 is 0 Å². The van der Waals surface area contributed by atoms with E-state index in [1.807, 2.05) is 19.1 Å². The summed E-state index contributed by atoms with van der Waals surface area (Å²) in [5.74, 6) is 0. The molecule has 0 N–H and O–H groups in total. The monoisotopic (exact) mass is 421 g/mol. The highest BCUT2D eigenvalue weighted by Gasteiger charge is 2.29. The minimum Gasteiger partial charge on any atom is -0.442 e. The fraction of sp³-hybridized carbons (Fsp3) is 0.381. The number of hydroxylamine groups is 2. The number of rotatable bonds is 7. The molecule has 8 heteroatoms. The average molecular weight is 422 g/mol. The van der Waals surface area contributed by atoms with Gasteiger partial charge in [0.25, 0.3) is 0 Å². The highest BCUT2D eigenvalue weighted by Crippen LogP contribution is 2.21. The molecule has 0 radical (unpaired) electrons. The topological polar surface area (TPSA) is 82.1 Å². The van der Waals surface area contributed by atoms with E-state index in [0.717, 1.165) is 16.2 Å². The van der Waals surface area contributed by atoms with Crippen molar-refractivity contribution in [1.82, 2.24) is 5.06 Å². The van der Waals surface area contributed by atoms with Crippen molar-refractivity contribution in [3.05, 3.63) is 65.2 Å². The van der Waals surface area contributed by atoms with Crippen molar-refractivity contribution in [2.24, 2.45) is 0 Å². The first kappa shape index (κ1) is 22.9. The van der Waals surface area contributed by atoms with Crippen LogP contribution in [-0.4, -0.2) is 32.3 Å². The van der Waals surface area contributed by atoms with Gasteiger partial charge in [-0.05, 0) is 51.0 Å². The van der Waals surface area contributed by atoms with Crippen molar-refractivity contribution in [3.63, 3.8) is 0 Å². The second-order valence-electron chi connectivity index (χ2n) is 7.56. The largest absolute Gasteiger partial charge is 0.442 e. The summed E-state index contributed by atoms with van der Waals surface area (Å²) in [6, 6.07) is 13.4. The van der Waals surface area contributed by atoms with Crippen LogP contribution in [0.25, 0.3) is 0 Å². The van der Waals surface area contributed by atoms with E-state index in [0.29, 0.717) is 12.2 Å². The molecule has 0 unspecified atom stereocenters. The summed E-state index contributed by atoms with van der Waals surface area (Å²) in [5.41, 5.74) is 1.57. The Morgan fingerprint density at radius 1 is 1.00 bits per heavy atom. The van der Waals surface area contributed by atoms with E-state index in [1.54, 1.807) is 52.1 Å². The zero-order valence-corrected chi connectivity index (χ0v) is 18.2. The van der Waals surface area contributed by atoms with Crippen molar-refractivity contribution in [2.75, 3.05) is 7.11 Å². The lowest BCUT2D eigenvalue weighted by Gasteiger charge is -2.26. The number of ether oxygens (including phenoxy) is 2. The van der Waals surface area contributed by atoms with Gasteiger partial charge in [-0.3, -0.25) is 0 Å². The van der Waals surface area contributed by atoms with Crippen molar-refractivity contribution >= 4 is 16.2 Å². The molecule has 0 bridgehead atoms. The number of carbonyl (C=O) groups is 1. The van der Waals surface area contributed by atoms with Crippen LogP contribution in [0.4, 0.5) is 4.79 Å². The van der Waals surface area contributed by atoms with E-state index in [2.05, 4.69) is 0 Å². The predicted molar refractivity (Wildman–Crippen MR) is 108 cm³/mol. The molecule has 158 valence electrons. The van der Waals surface area contributed by atoms with Crippen molar-refractivity contribution in [2.45, 2.75) is 51.3 Å². The molecule has 0 atom stereocenters. The Labute approximate surface area is 172 Å². The lowest BCUT2D eigenvalue weighted by Crippen LogP contribution is -2.38. The van der Waals surface area contributed by atoms with E-state index in [4.69, 9.17) is 13.8 Å². The van der Waals surface area contributed by atoms with Gasteiger partial charge in [-0.25, -0.2) is 4.79 Å². The fourth-order valence-corrected chi connectivity index (χ4v) is 3.37. The normalized spacial score (nSPS) is 11.9. The molecule has 0 aromatic heterocycles. The molecule has 1 amide bonds. The molecule has 0 spiro atoms. The second-order valence-corrected chi connectivity index (χ2v) is 9.09. The first-order valence-electron chi connectivity index (χ1n) is 9.09. The molecule has 2 rings (SSSR count). The Morgan fingerprint density at radius 2 is 1.59 bits per heavy atom. The van der Waals surface area contributed by atoms with E-state index in [-0.39, 0.29) is 11.4 Å². The third-order valence-electron chi connectivity index (χ3n) is 3.83. The number of benzene rings is 2. The predicted octanol–water partition coefficient (Wildman–Crippen LogP) is 4.20. The van der Waals surface area contributed by atoms with Crippen LogP contribution in [0.2, 0.25) is 0 Å². The molecular formula is C21H27NO6S. The molecule has 0 aliphatic rings. The van der Waals surface area contributed by atoms with E-state index in [1.165, 1.54) is 12.1 Å². The maximum absolute atomic E-state index is 12.7. The van der Waals surface area contributed by atoms with Gasteiger partial charge in [-0.2, -0.15) is 13.5 Å². The maximum Gasteiger partial charge on any atom is 0.435 e. The minimum absolute atomic E-state index is 0.0539. The molecule has 29 heavy (non-hydrogen) atoms. The van der Waals surface area contributed by atoms with Gasteiger partial charge in [0.1, 0.15) is 5.60 Å².